The van der Waals surface area contributed by atoms with E-state index in [2.05, 4.69) is 13.8 Å². The molecule has 1 aromatic rings. The molecule has 0 amide bonds. The van der Waals surface area contributed by atoms with Crippen molar-refractivity contribution in [1.29, 1.82) is 0 Å². The minimum absolute atomic E-state index is 0.216. The van der Waals surface area contributed by atoms with Gasteiger partial charge in [0.05, 0.1) is 12.7 Å². The average Bonchev–Trinajstić information content (AvgIpc) is 2.68. The maximum absolute atomic E-state index is 10.2. The zero-order chi connectivity index (χ0) is 13.1. The first kappa shape index (κ1) is 13.2. The second-order valence-corrected chi connectivity index (χ2v) is 4.87. The molecule has 1 aliphatic rings. The Morgan fingerprint density at radius 3 is 2.89 bits per heavy atom. The van der Waals surface area contributed by atoms with E-state index in [1.807, 2.05) is 19.1 Å². The molecule has 0 saturated heterocycles. The van der Waals surface area contributed by atoms with Gasteiger partial charge in [-0.05, 0) is 32.4 Å². The van der Waals surface area contributed by atoms with Crippen LogP contribution in [0.5, 0.6) is 11.5 Å². The third kappa shape index (κ3) is 2.61. The highest BCUT2D eigenvalue weighted by atomic mass is 16.5. The van der Waals surface area contributed by atoms with Crippen molar-refractivity contribution >= 4 is 0 Å². The summed E-state index contributed by atoms with van der Waals surface area (Å²) in [5.74, 6) is 1.70. The number of fused-ring (bicyclic) bond motifs is 1. The van der Waals surface area contributed by atoms with Crippen LogP contribution in [-0.2, 0) is 6.42 Å². The number of hydrogen-bond donors (Lipinski definition) is 1. The molecule has 1 aliphatic heterocycles. The molecule has 2 unspecified atom stereocenters. The monoisotopic (exact) mass is 250 g/mol. The van der Waals surface area contributed by atoms with Crippen LogP contribution in [0, 0.1) is 0 Å². The highest BCUT2D eigenvalue weighted by molar-refractivity contribution is 5.49. The van der Waals surface area contributed by atoms with Gasteiger partial charge in [-0.2, -0.15) is 0 Å². The van der Waals surface area contributed by atoms with Crippen LogP contribution in [0.25, 0.3) is 0 Å². The Morgan fingerprint density at radius 1 is 1.44 bits per heavy atom. The molecule has 2 rings (SSSR count). The average molecular weight is 250 g/mol. The molecule has 3 heteroatoms. The summed E-state index contributed by atoms with van der Waals surface area (Å²) in [6, 6.07) is 3.97. The van der Waals surface area contributed by atoms with Crippen LogP contribution in [0.4, 0.5) is 0 Å². The van der Waals surface area contributed by atoms with Gasteiger partial charge in [-0.1, -0.05) is 13.3 Å². The van der Waals surface area contributed by atoms with Crippen molar-refractivity contribution in [3.63, 3.8) is 0 Å². The molecule has 2 atom stereocenters. The van der Waals surface area contributed by atoms with E-state index in [0.29, 0.717) is 6.61 Å². The van der Waals surface area contributed by atoms with Gasteiger partial charge >= 0.3 is 0 Å². The Labute approximate surface area is 109 Å². The number of benzene rings is 1. The summed E-state index contributed by atoms with van der Waals surface area (Å²) in [5, 5.41) is 10.2. The summed E-state index contributed by atoms with van der Waals surface area (Å²) >= 11 is 0. The second-order valence-electron chi connectivity index (χ2n) is 4.87. The molecule has 0 aromatic heterocycles. The number of aliphatic hydroxyl groups excluding tert-OH is 1. The van der Waals surface area contributed by atoms with Crippen LogP contribution in [0.15, 0.2) is 12.1 Å². The van der Waals surface area contributed by atoms with Crippen LogP contribution < -0.4 is 9.47 Å². The fraction of sp³-hybridized carbons (Fsp3) is 0.600. The number of aliphatic hydroxyl groups is 1. The van der Waals surface area contributed by atoms with Crippen molar-refractivity contribution < 1.29 is 14.6 Å². The number of rotatable bonds is 5. The Morgan fingerprint density at radius 2 is 2.22 bits per heavy atom. The van der Waals surface area contributed by atoms with Gasteiger partial charge in [-0.3, -0.25) is 0 Å². The molecule has 1 heterocycles. The molecule has 3 nitrogen and oxygen atoms in total. The van der Waals surface area contributed by atoms with Crippen LogP contribution in [0.2, 0.25) is 0 Å². The summed E-state index contributed by atoms with van der Waals surface area (Å²) < 4.78 is 11.4. The molecule has 1 aromatic carbocycles. The fourth-order valence-electron chi connectivity index (χ4n) is 2.42. The molecular weight excluding hydrogens is 228 g/mol. The molecule has 100 valence electrons. The summed E-state index contributed by atoms with van der Waals surface area (Å²) in [6.45, 7) is 6.70. The maximum Gasteiger partial charge on any atom is 0.125 e. The van der Waals surface area contributed by atoms with Gasteiger partial charge in [-0.15, -0.1) is 0 Å². The van der Waals surface area contributed by atoms with E-state index < -0.39 is 6.10 Å². The number of ether oxygens (including phenoxy) is 2. The van der Waals surface area contributed by atoms with Gasteiger partial charge in [0, 0.05) is 17.5 Å². The van der Waals surface area contributed by atoms with E-state index in [0.717, 1.165) is 36.3 Å². The normalized spacial score (nSPS) is 19.2. The minimum atomic E-state index is -0.471. The quantitative estimate of drug-likeness (QED) is 0.872. The summed E-state index contributed by atoms with van der Waals surface area (Å²) in [7, 11) is 0. The molecule has 0 saturated carbocycles. The lowest BCUT2D eigenvalue weighted by molar-refractivity contribution is 0.160. The molecule has 0 aliphatic carbocycles. The maximum atomic E-state index is 10.2. The van der Waals surface area contributed by atoms with Gasteiger partial charge in [0.2, 0.25) is 0 Å². The van der Waals surface area contributed by atoms with Gasteiger partial charge in [0.1, 0.15) is 17.6 Å². The lowest BCUT2D eigenvalue weighted by Gasteiger charge is -2.16. The van der Waals surface area contributed by atoms with Gasteiger partial charge in [-0.25, -0.2) is 0 Å². The van der Waals surface area contributed by atoms with E-state index in [9.17, 15) is 5.11 Å². The Bertz CT molecular complexity index is 414. The topological polar surface area (TPSA) is 38.7 Å². The van der Waals surface area contributed by atoms with Crippen LogP contribution in [0.1, 0.15) is 50.8 Å². The van der Waals surface area contributed by atoms with Crippen molar-refractivity contribution in [3.8, 4) is 11.5 Å². The lowest BCUT2D eigenvalue weighted by atomic mass is 10.0. The molecule has 0 spiro atoms. The lowest BCUT2D eigenvalue weighted by Crippen LogP contribution is -2.05. The first-order valence-corrected chi connectivity index (χ1v) is 6.80. The van der Waals surface area contributed by atoms with E-state index in [-0.39, 0.29) is 6.10 Å². The zero-order valence-electron chi connectivity index (χ0n) is 11.4. The van der Waals surface area contributed by atoms with Crippen molar-refractivity contribution in [3.05, 3.63) is 23.3 Å². The standard InChI is InChI=1S/C15H22O3/c1-4-6-13(16)12-9-14-11(7-10(3)18-14)8-15(12)17-5-2/h8-10,13,16H,4-7H2,1-3H3. The summed E-state index contributed by atoms with van der Waals surface area (Å²) in [5.41, 5.74) is 2.03. The molecule has 1 N–H and O–H groups in total. The molecule has 0 radical (unpaired) electrons. The highest BCUT2D eigenvalue weighted by Gasteiger charge is 2.24. The van der Waals surface area contributed by atoms with Gasteiger partial charge in [0.25, 0.3) is 0 Å². The van der Waals surface area contributed by atoms with Crippen LogP contribution in [-0.4, -0.2) is 17.8 Å². The van der Waals surface area contributed by atoms with Gasteiger partial charge < -0.3 is 14.6 Å². The molecular formula is C15H22O3. The number of hydrogen-bond acceptors (Lipinski definition) is 3. The molecule has 0 fully saturated rings. The van der Waals surface area contributed by atoms with Crippen molar-refractivity contribution in [1.82, 2.24) is 0 Å². The largest absolute Gasteiger partial charge is 0.493 e. The first-order chi connectivity index (χ1) is 8.65. The smallest absolute Gasteiger partial charge is 0.125 e. The molecule has 0 bridgehead atoms. The predicted molar refractivity (Wildman–Crippen MR) is 71.3 cm³/mol. The highest BCUT2D eigenvalue weighted by Crippen LogP contribution is 2.38. The van der Waals surface area contributed by atoms with E-state index >= 15 is 0 Å². The van der Waals surface area contributed by atoms with Crippen LogP contribution >= 0.6 is 0 Å². The Hall–Kier alpha value is -1.22. The van der Waals surface area contributed by atoms with E-state index in [4.69, 9.17) is 9.47 Å². The third-order valence-corrected chi connectivity index (χ3v) is 3.25. The van der Waals surface area contributed by atoms with E-state index in [1.54, 1.807) is 0 Å². The van der Waals surface area contributed by atoms with Crippen molar-refractivity contribution in [2.75, 3.05) is 6.61 Å². The van der Waals surface area contributed by atoms with Gasteiger partial charge in [0.15, 0.2) is 0 Å². The first-order valence-electron chi connectivity index (χ1n) is 6.80. The van der Waals surface area contributed by atoms with E-state index in [1.165, 1.54) is 5.56 Å². The summed E-state index contributed by atoms with van der Waals surface area (Å²) in [4.78, 5) is 0. The zero-order valence-corrected chi connectivity index (χ0v) is 11.4. The van der Waals surface area contributed by atoms with Crippen molar-refractivity contribution in [2.24, 2.45) is 0 Å². The SMILES string of the molecule is CCCC(O)c1cc2c(cc1OCC)CC(C)O2. The van der Waals surface area contributed by atoms with Crippen LogP contribution in [0.3, 0.4) is 0 Å². The molecule has 18 heavy (non-hydrogen) atoms. The minimum Gasteiger partial charge on any atom is -0.493 e. The Balaban J connectivity index is 2.34. The van der Waals surface area contributed by atoms with Crippen molar-refractivity contribution in [2.45, 2.75) is 52.2 Å². The predicted octanol–water partition coefficient (Wildman–Crippen LogP) is 3.24. The fourth-order valence-corrected chi connectivity index (χ4v) is 2.42. The third-order valence-electron chi connectivity index (χ3n) is 3.25. The Kier molecular flexibility index (Phi) is 4.12. The summed E-state index contributed by atoms with van der Waals surface area (Å²) in [6.07, 6.45) is 2.35. The second kappa shape index (κ2) is 5.61.